The van der Waals surface area contributed by atoms with Crippen molar-refractivity contribution in [2.75, 3.05) is 5.32 Å². The molecule has 152 valence electrons. The molecule has 3 atom stereocenters. The number of hydrogen-bond donors (Lipinski definition) is 3. The fourth-order valence-corrected chi connectivity index (χ4v) is 4.25. The molecule has 2 heterocycles. The molecule has 1 aliphatic heterocycles. The number of H-pyrrole nitrogens is 2. The summed E-state index contributed by atoms with van der Waals surface area (Å²) in [5, 5.41) is 2.81. The van der Waals surface area contributed by atoms with E-state index < -0.39 is 11.9 Å². The number of benzene rings is 1. The van der Waals surface area contributed by atoms with E-state index in [4.69, 9.17) is 0 Å². The van der Waals surface area contributed by atoms with Crippen molar-refractivity contribution in [1.29, 1.82) is 0 Å². The molecule has 1 aromatic heterocycles. The smallest absolute Gasteiger partial charge is 0.323 e. The molecule has 3 amide bonds. The van der Waals surface area contributed by atoms with Crippen molar-refractivity contribution in [2.24, 2.45) is 17.8 Å². The first-order chi connectivity index (χ1) is 13.8. The Kier molecular flexibility index (Phi) is 4.86. The number of nitrogens with zero attached hydrogens (tertiary/aromatic N) is 1. The molecule has 4 rings (SSSR count). The van der Waals surface area contributed by atoms with Crippen molar-refractivity contribution in [3.05, 3.63) is 40.8 Å². The van der Waals surface area contributed by atoms with Gasteiger partial charge >= 0.3 is 5.69 Å². The molecule has 0 saturated carbocycles. The van der Waals surface area contributed by atoms with Crippen LogP contribution < -0.4 is 11.0 Å². The maximum Gasteiger partial charge on any atom is 0.323 e. The highest BCUT2D eigenvalue weighted by molar-refractivity contribution is 6.10. The van der Waals surface area contributed by atoms with Gasteiger partial charge in [0.15, 0.2) is 0 Å². The van der Waals surface area contributed by atoms with Crippen LogP contribution in [-0.4, -0.2) is 38.6 Å². The molecule has 1 aliphatic carbocycles. The third kappa shape index (κ3) is 3.50. The van der Waals surface area contributed by atoms with Gasteiger partial charge in [0.25, 0.3) is 0 Å². The molecule has 2 aromatic rings. The summed E-state index contributed by atoms with van der Waals surface area (Å²) in [6.07, 6.45) is 5.33. The van der Waals surface area contributed by atoms with Crippen LogP contribution in [0.25, 0.3) is 11.0 Å². The van der Waals surface area contributed by atoms with E-state index >= 15 is 0 Å². The number of fused-ring (bicyclic) bond motifs is 2. The number of hydrogen-bond acceptors (Lipinski definition) is 4. The van der Waals surface area contributed by atoms with Crippen LogP contribution in [0, 0.1) is 17.8 Å². The fourth-order valence-electron chi connectivity index (χ4n) is 4.25. The third-order valence-electron chi connectivity index (χ3n) is 5.63. The van der Waals surface area contributed by atoms with Crippen LogP contribution in [0.2, 0.25) is 0 Å². The molecule has 0 spiro atoms. The largest absolute Gasteiger partial charge is 0.324 e. The molecule has 0 radical (unpaired) electrons. The second-order valence-electron chi connectivity index (χ2n) is 8.18. The van der Waals surface area contributed by atoms with Gasteiger partial charge in [0.05, 0.1) is 22.9 Å². The van der Waals surface area contributed by atoms with Crippen molar-refractivity contribution in [3.63, 3.8) is 0 Å². The summed E-state index contributed by atoms with van der Waals surface area (Å²) in [6, 6.07) is 4.15. The van der Waals surface area contributed by atoms with E-state index in [1.807, 2.05) is 26.0 Å². The molecule has 3 unspecified atom stereocenters. The van der Waals surface area contributed by atoms with Crippen LogP contribution in [0.15, 0.2) is 35.1 Å². The Hall–Kier alpha value is -3.16. The predicted octanol–water partition coefficient (Wildman–Crippen LogP) is 2.16. The highest BCUT2D eigenvalue weighted by Crippen LogP contribution is 2.37. The van der Waals surface area contributed by atoms with Gasteiger partial charge in [0.1, 0.15) is 6.04 Å². The highest BCUT2D eigenvalue weighted by atomic mass is 16.2. The minimum atomic E-state index is -0.860. The first kappa shape index (κ1) is 19.2. The average Bonchev–Trinajstić information content (AvgIpc) is 3.16. The lowest BCUT2D eigenvalue weighted by Crippen LogP contribution is -2.48. The Morgan fingerprint density at radius 2 is 1.69 bits per heavy atom. The van der Waals surface area contributed by atoms with Crippen LogP contribution in [0.4, 0.5) is 5.69 Å². The minimum Gasteiger partial charge on any atom is -0.324 e. The highest BCUT2D eigenvalue weighted by Gasteiger charge is 2.51. The number of allylic oxidation sites excluding steroid dienone is 2. The van der Waals surface area contributed by atoms with Gasteiger partial charge in [-0.1, -0.05) is 26.0 Å². The lowest BCUT2D eigenvalue weighted by Gasteiger charge is -2.27. The molecular formula is C21H24N4O4. The third-order valence-corrected chi connectivity index (χ3v) is 5.63. The SMILES string of the molecule is CC(C)CC(C(=O)Nc1ccc2[nH]c(=O)[nH]c2c1)N1C(=O)C2CC=CCC2C1=O. The number of carbonyl (C=O) groups is 3. The van der Waals surface area contributed by atoms with Gasteiger partial charge in [0.2, 0.25) is 17.7 Å². The number of anilines is 1. The zero-order chi connectivity index (χ0) is 20.7. The topological polar surface area (TPSA) is 115 Å². The van der Waals surface area contributed by atoms with Gasteiger partial charge in [0, 0.05) is 5.69 Å². The Morgan fingerprint density at radius 3 is 2.31 bits per heavy atom. The minimum absolute atomic E-state index is 0.121. The van der Waals surface area contributed by atoms with E-state index in [9.17, 15) is 19.2 Å². The van der Waals surface area contributed by atoms with Gasteiger partial charge in [-0.3, -0.25) is 19.3 Å². The monoisotopic (exact) mass is 396 g/mol. The quantitative estimate of drug-likeness (QED) is 0.531. The van der Waals surface area contributed by atoms with E-state index in [2.05, 4.69) is 15.3 Å². The van der Waals surface area contributed by atoms with Crippen molar-refractivity contribution >= 4 is 34.4 Å². The Morgan fingerprint density at radius 1 is 1.07 bits per heavy atom. The van der Waals surface area contributed by atoms with Crippen LogP contribution in [0.1, 0.15) is 33.1 Å². The number of aromatic nitrogens is 2. The summed E-state index contributed by atoms with van der Waals surface area (Å²) in [5.74, 6) is -1.52. The molecule has 29 heavy (non-hydrogen) atoms. The maximum absolute atomic E-state index is 13.1. The molecule has 0 bridgehead atoms. The molecule has 8 heteroatoms. The summed E-state index contributed by atoms with van der Waals surface area (Å²) in [7, 11) is 0. The van der Waals surface area contributed by atoms with Crippen molar-refractivity contribution < 1.29 is 14.4 Å². The second-order valence-corrected chi connectivity index (χ2v) is 8.18. The molecule has 1 fully saturated rings. The van der Waals surface area contributed by atoms with Crippen molar-refractivity contribution in [1.82, 2.24) is 14.9 Å². The number of rotatable bonds is 5. The number of imide groups is 1. The average molecular weight is 396 g/mol. The van der Waals surface area contributed by atoms with Gasteiger partial charge in [-0.15, -0.1) is 0 Å². The Bertz CT molecular complexity index is 1040. The zero-order valence-electron chi connectivity index (χ0n) is 16.4. The summed E-state index contributed by atoms with van der Waals surface area (Å²) in [6.45, 7) is 3.91. The number of nitrogens with one attached hydrogen (secondary N) is 3. The molecular weight excluding hydrogens is 372 g/mol. The summed E-state index contributed by atoms with van der Waals surface area (Å²) in [5.41, 5.74) is 1.36. The van der Waals surface area contributed by atoms with Crippen LogP contribution in [-0.2, 0) is 14.4 Å². The molecule has 8 nitrogen and oxygen atoms in total. The van der Waals surface area contributed by atoms with Gasteiger partial charge in [-0.05, 0) is 43.4 Å². The molecule has 3 N–H and O–H groups in total. The lowest BCUT2D eigenvalue weighted by molar-refractivity contribution is -0.147. The number of amides is 3. The van der Waals surface area contributed by atoms with Crippen LogP contribution in [0.5, 0.6) is 0 Å². The van der Waals surface area contributed by atoms with Crippen LogP contribution >= 0.6 is 0 Å². The number of likely N-dealkylation sites (tertiary alicyclic amines) is 1. The van der Waals surface area contributed by atoms with E-state index in [1.165, 1.54) is 4.90 Å². The van der Waals surface area contributed by atoms with Crippen LogP contribution in [0.3, 0.4) is 0 Å². The standard InChI is InChI=1S/C21H24N4O4/c1-11(2)9-17(25-19(27)13-5-3-4-6-14(13)20(25)28)18(26)22-12-7-8-15-16(10-12)24-21(29)23-15/h3-4,7-8,10-11,13-14,17H,5-6,9H2,1-2H3,(H,22,26)(H2,23,24,29). The van der Waals surface area contributed by atoms with E-state index in [0.29, 0.717) is 36.0 Å². The summed E-state index contributed by atoms with van der Waals surface area (Å²) >= 11 is 0. The van der Waals surface area contributed by atoms with Gasteiger partial charge in [-0.2, -0.15) is 0 Å². The summed E-state index contributed by atoms with van der Waals surface area (Å²) < 4.78 is 0. The zero-order valence-corrected chi connectivity index (χ0v) is 16.4. The maximum atomic E-state index is 13.1. The number of aromatic amines is 2. The van der Waals surface area contributed by atoms with Crippen molar-refractivity contribution in [3.8, 4) is 0 Å². The molecule has 2 aliphatic rings. The number of imidazole rings is 1. The Labute approximate surface area is 167 Å². The second kappa shape index (κ2) is 7.35. The van der Waals surface area contributed by atoms with E-state index in [0.717, 1.165) is 0 Å². The lowest BCUT2D eigenvalue weighted by atomic mass is 9.85. The normalized spacial score (nSPS) is 22.4. The van der Waals surface area contributed by atoms with E-state index in [1.54, 1.807) is 18.2 Å². The van der Waals surface area contributed by atoms with Gasteiger partial charge < -0.3 is 15.3 Å². The molecule has 1 aromatic carbocycles. The predicted molar refractivity (Wildman–Crippen MR) is 108 cm³/mol. The fraction of sp³-hybridized carbons (Fsp3) is 0.429. The first-order valence-electron chi connectivity index (χ1n) is 9.90. The number of carbonyl (C=O) groups excluding carboxylic acids is 3. The molecule has 1 saturated heterocycles. The Balaban J connectivity index is 1.60. The summed E-state index contributed by atoms with van der Waals surface area (Å²) in [4.78, 5) is 56.9. The van der Waals surface area contributed by atoms with Gasteiger partial charge in [-0.25, -0.2) is 4.79 Å². The first-order valence-corrected chi connectivity index (χ1v) is 9.90. The van der Waals surface area contributed by atoms with Crippen molar-refractivity contribution in [2.45, 2.75) is 39.2 Å². The van der Waals surface area contributed by atoms with E-state index in [-0.39, 0.29) is 35.3 Å².